The first-order chi connectivity index (χ1) is 11.2. The molecule has 0 heterocycles. The smallest absolute Gasteiger partial charge is 0.0897 e. The zero-order chi connectivity index (χ0) is 16.1. The summed E-state index contributed by atoms with van der Waals surface area (Å²) in [6.45, 7) is 3.94. The molecule has 0 aromatic heterocycles. The van der Waals surface area contributed by atoms with Crippen LogP contribution < -0.4 is 5.32 Å². The molecule has 2 bridgehead atoms. The quantitative estimate of drug-likeness (QED) is 0.685. The molecule has 2 saturated carbocycles. The fraction of sp³-hybridized carbons (Fsp3) is 0.700. The molecule has 23 heavy (non-hydrogen) atoms. The highest BCUT2D eigenvalue weighted by Crippen LogP contribution is 2.49. The molecule has 0 spiro atoms. The summed E-state index contributed by atoms with van der Waals surface area (Å²) in [4.78, 5) is 0. The largest absolute Gasteiger partial charge is 0.389 e. The lowest BCUT2D eigenvalue weighted by atomic mass is 9.87. The number of ether oxygens (including phenoxy) is 1. The predicted molar refractivity (Wildman–Crippen MR) is 93.2 cm³/mol. The fourth-order valence-corrected chi connectivity index (χ4v) is 4.42. The second-order valence-electron chi connectivity index (χ2n) is 7.49. The molecule has 2 aliphatic carbocycles. The molecule has 3 rings (SSSR count). The van der Waals surface area contributed by atoms with Gasteiger partial charge in [-0.2, -0.15) is 0 Å². The number of aliphatic hydroxyl groups is 1. The number of rotatable bonds is 9. The molecule has 2 aliphatic rings. The van der Waals surface area contributed by atoms with Crippen LogP contribution in [0.25, 0.3) is 0 Å². The normalized spacial score (nSPS) is 28.9. The SMILES string of the molecule is C[C@H](NC[C@H](O)COCC[C@@H]1C[C@H]2CC[C@H]1C2)c1ccccc1. The minimum Gasteiger partial charge on any atom is -0.389 e. The van der Waals surface area contributed by atoms with E-state index in [4.69, 9.17) is 4.74 Å². The van der Waals surface area contributed by atoms with E-state index in [9.17, 15) is 5.11 Å². The Balaban J connectivity index is 1.26. The maximum absolute atomic E-state index is 10.1. The van der Waals surface area contributed by atoms with Crippen LogP contribution in [0.2, 0.25) is 0 Å². The molecule has 3 heteroatoms. The molecular formula is C20H31NO2. The van der Waals surface area contributed by atoms with Crippen molar-refractivity contribution >= 4 is 0 Å². The van der Waals surface area contributed by atoms with E-state index >= 15 is 0 Å². The molecule has 0 radical (unpaired) electrons. The van der Waals surface area contributed by atoms with Gasteiger partial charge in [0.15, 0.2) is 0 Å². The number of benzene rings is 1. The van der Waals surface area contributed by atoms with Gasteiger partial charge in [-0.25, -0.2) is 0 Å². The Labute approximate surface area is 140 Å². The summed E-state index contributed by atoms with van der Waals surface area (Å²) in [5.74, 6) is 2.88. The van der Waals surface area contributed by atoms with Crippen LogP contribution in [-0.2, 0) is 4.74 Å². The van der Waals surface area contributed by atoms with Crippen molar-refractivity contribution in [3.8, 4) is 0 Å². The Morgan fingerprint density at radius 2 is 2.04 bits per heavy atom. The summed E-state index contributed by atoms with van der Waals surface area (Å²) in [7, 11) is 0. The summed E-state index contributed by atoms with van der Waals surface area (Å²) in [5.41, 5.74) is 1.25. The average molecular weight is 317 g/mol. The fourth-order valence-electron chi connectivity index (χ4n) is 4.42. The molecule has 3 nitrogen and oxygen atoms in total. The molecule has 5 atom stereocenters. The minimum absolute atomic E-state index is 0.250. The van der Waals surface area contributed by atoms with Gasteiger partial charge in [0.05, 0.1) is 12.7 Å². The van der Waals surface area contributed by atoms with E-state index in [0.717, 1.165) is 24.4 Å². The van der Waals surface area contributed by atoms with Gasteiger partial charge < -0.3 is 15.2 Å². The van der Waals surface area contributed by atoms with Crippen molar-refractivity contribution in [1.82, 2.24) is 5.32 Å². The minimum atomic E-state index is -0.429. The molecule has 2 fully saturated rings. The van der Waals surface area contributed by atoms with E-state index in [1.807, 2.05) is 18.2 Å². The van der Waals surface area contributed by atoms with Crippen LogP contribution in [0, 0.1) is 17.8 Å². The number of hydrogen-bond donors (Lipinski definition) is 2. The summed E-state index contributed by atoms with van der Waals surface area (Å²) in [6.07, 6.45) is 6.55. The molecule has 0 unspecified atom stereocenters. The number of aliphatic hydroxyl groups excluding tert-OH is 1. The molecule has 0 saturated heterocycles. The molecule has 128 valence electrons. The first kappa shape index (κ1) is 16.9. The van der Waals surface area contributed by atoms with Crippen molar-refractivity contribution in [3.05, 3.63) is 35.9 Å². The molecule has 0 aliphatic heterocycles. The van der Waals surface area contributed by atoms with Crippen LogP contribution in [-0.4, -0.2) is 31.0 Å². The van der Waals surface area contributed by atoms with Gasteiger partial charge in [-0.15, -0.1) is 0 Å². The third-order valence-corrected chi connectivity index (χ3v) is 5.79. The monoisotopic (exact) mass is 317 g/mol. The topological polar surface area (TPSA) is 41.5 Å². The predicted octanol–water partition coefficient (Wildman–Crippen LogP) is 3.54. The van der Waals surface area contributed by atoms with Crippen molar-refractivity contribution < 1.29 is 9.84 Å². The zero-order valence-corrected chi connectivity index (χ0v) is 14.3. The highest BCUT2D eigenvalue weighted by Gasteiger charge is 2.38. The lowest BCUT2D eigenvalue weighted by molar-refractivity contribution is 0.0280. The lowest BCUT2D eigenvalue weighted by Gasteiger charge is -2.22. The molecule has 0 amide bonds. The van der Waals surface area contributed by atoms with E-state index in [1.54, 1.807) is 0 Å². The Hall–Kier alpha value is -0.900. The first-order valence-corrected chi connectivity index (χ1v) is 9.26. The van der Waals surface area contributed by atoms with E-state index in [0.29, 0.717) is 13.2 Å². The number of hydrogen-bond acceptors (Lipinski definition) is 3. The van der Waals surface area contributed by atoms with Crippen LogP contribution in [0.1, 0.15) is 50.6 Å². The van der Waals surface area contributed by atoms with E-state index in [2.05, 4.69) is 24.4 Å². The summed E-state index contributed by atoms with van der Waals surface area (Å²) < 4.78 is 5.71. The zero-order valence-electron chi connectivity index (χ0n) is 14.3. The van der Waals surface area contributed by atoms with Gasteiger partial charge in [-0.3, -0.25) is 0 Å². The van der Waals surface area contributed by atoms with Gasteiger partial charge >= 0.3 is 0 Å². The first-order valence-electron chi connectivity index (χ1n) is 9.26. The third-order valence-electron chi connectivity index (χ3n) is 5.79. The van der Waals surface area contributed by atoms with Gasteiger partial charge in [0, 0.05) is 19.2 Å². The van der Waals surface area contributed by atoms with Gasteiger partial charge in [0.25, 0.3) is 0 Å². The second-order valence-corrected chi connectivity index (χ2v) is 7.49. The van der Waals surface area contributed by atoms with Crippen molar-refractivity contribution in [2.75, 3.05) is 19.8 Å². The van der Waals surface area contributed by atoms with Crippen LogP contribution in [0.5, 0.6) is 0 Å². The van der Waals surface area contributed by atoms with Crippen molar-refractivity contribution in [2.45, 2.75) is 51.2 Å². The van der Waals surface area contributed by atoms with Crippen LogP contribution in [0.4, 0.5) is 0 Å². The highest BCUT2D eigenvalue weighted by atomic mass is 16.5. The van der Waals surface area contributed by atoms with Crippen LogP contribution in [0.15, 0.2) is 30.3 Å². The van der Waals surface area contributed by atoms with E-state index in [1.165, 1.54) is 37.7 Å². The third kappa shape index (κ3) is 4.79. The van der Waals surface area contributed by atoms with Gasteiger partial charge in [0.2, 0.25) is 0 Å². The molecule has 2 N–H and O–H groups in total. The van der Waals surface area contributed by atoms with Crippen LogP contribution >= 0.6 is 0 Å². The molecular weight excluding hydrogens is 286 g/mol. The van der Waals surface area contributed by atoms with Gasteiger partial charge in [0.1, 0.15) is 0 Å². The Bertz CT molecular complexity index is 464. The molecule has 1 aromatic rings. The van der Waals surface area contributed by atoms with Gasteiger partial charge in [-0.05, 0) is 55.9 Å². The summed E-state index contributed by atoms with van der Waals surface area (Å²) in [5, 5.41) is 13.4. The maximum Gasteiger partial charge on any atom is 0.0897 e. The standard InChI is InChI=1S/C20H31NO2/c1-15(17-5-3-2-4-6-17)21-13-20(22)14-23-10-9-19-12-16-7-8-18(19)11-16/h2-6,15-16,18-22H,7-14H2,1H3/t15-,16-,18-,19+,20-/m0/s1. The van der Waals surface area contributed by atoms with Crippen molar-refractivity contribution in [1.29, 1.82) is 0 Å². The van der Waals surface area contributed by atoms with Gasteiger partial charge in [-0.1, -0.05) is 36.8 Å². The number of fused-ring (bicyclic) bond motifs is 2. The average Bonchev–Trinajstić information content (AvgIpc) is 3.20. The van der Waals surface area contributed by atoms with E-state index < -0.39 is 6.10 Å². The Morgan fingerprint density at radius 1 is 1.22 bits per heavy atom. The highest BCUT2D eigenvalue weighted by molar-refractivity contribution is 5.17. The molecule has 1 aromatic carbocycles. The Kier molecular flexibility index (Phi) is 6.09. The lowest BCUT2D eigenvalue weighted by Crippen LogP contribution is -2.32. The van der Waals surface area contributed by atoms with Crippen LogP contribution in [0.3, 0.4) is 0 Å². The second kappa shape index (κ2) is 8.27. The van der Waals surface area contributed by atoms with E-state index in [-0.39, 0.29) is 6.04 Å². The summed E-state index contributed by atoms with van der Waals surface area (Å²) in [6, 6.07) is 10.6. The summed E-state index contributed by atoms with van der Waals surface area (Å²) >= 11 is 0. The van der Waals surface area contributed by atoms with Crippen molar-refractivity contribution in [3.63, 3.8) is 0 Å². The van der Waals surface area contributed by atoms with Crippen molar-refractivity contribution in [2.24, 2.45) is 17.8 Å². The number of nitrogens with one attached hydrogen (secondary N) is 1. The maximum atomic E-state index is 10.1. The Morgan fingerprint density at radius 3 is 2.74 bits per heavy atom.